The molecule has 0 unspecified atom stereocenters. The van der Waals surface area contributed by atoms with Gasteiger partial charge in [-0.25, -0.2) is 4.79 Å². The molecule has 1 N–H and O–H groups in total. The molecule has 0 saturated heterocycles. The first-order chi connectivity index (χ1) is 9.50. The second-order valence-electron chi connectivity index (χ2n) is 4.73. The van der Waals surface area contributed by atoms with Crippen molar-refractivity contribution >= 4 is 12.0 Å². The number of carboxylic acids is 1. The van der Waals surface area contributed by atoms with Crippen molar-refractivity contribution in [2.24, 2.45) is 0 Å². The molecular weight excluding hydrogens is 258 g/mol. The number of aliphatic carboxylic acids is 1. The van der Waals surface area contributed by atoms with Crippen molar-refractivity contribution in [1.82, 2.24) is 14.8 Å². The number of amides is 2. The van der Waals surface area contributed by atoms with E-state index in [0.717, 1.165) is 12.0 Å². The third-order valence-corrected chi connectivity index (χ3v) is 3.02. The van der Waals surface area contributed by atoms with Crippen molar-refractivity contribution in [1.29, 1.82) is 0 Å². The Morgan fingerprint density at radius 2 is 1.75 bits per heavy atom. The highest BCUT2D eigenvalue weighted by atomic mass is 16.4. The van der Waals surface area contributed by atoms with E-state index in [1.54, 1.807) is 36.3 Å². The summed E-state index contributed by atoms with van der Waals surface area (Å²) in [4.78, 5) is 29.6. The Morgan fingerprint density at radius 1 is 1.15 bits per heavy atom. The minimum atomic E-state index is -0.836. The number of nitrogens with zero attached hydrogens (tertiary/aromatic N) is 3. The number of hydrogen-bond donors (Lipinski definition) is 1. The molecule has 0 saturated carbocycles. The summed E-state index contributed by atoms with van der Waals surface area (Å²) >= 11 is 0. The van der Waals surface area contributed by atoms with Crippen LogP contribution in [0.1, 0.15) is 18.4 Å². The molecule has 6 heteroatoms. The van der Waals surface area contributed by atoms with E-state index in [0.29, 0.717) is 19.5 Å². The Labute approximate surface area is 119 Å². The number of aromatic nitrogens is 1. The molecule has 6 nitrogen and oxygen atoms in total. The summed E-state index contributed by atoms with van der Waals surface area (Å²) in [5.74, 6) is -0.836. The first kappa shape index (κ1) is 15.9. The van der Waals surface area contributed by atoms with Gasteiger partial charge in [-0.1, -0.05) is 0 Å². The molecule has 0 aliphatic carbocycles. The van der Waals surface area contributed by atoms with E-state index < -0.39 is 5.97 Å². The summed E-state index contributed by atoms with van der Waals surface area (Å²) < 4.78 is 0. The van der Waals surface area contributed by atoms with Crippen LogP contribution in [0.5, 0.6) is 0 Å². The zero-order chi connectivity index (χ0) is 15.0. The van der Waals surface area contributed by atoms with Crippen LogP contribution in [0.3, 0.4) is 0 Å². The molecule has 0 bridgehead atoms. The predicted molar refractivity (Wildman–Crippen MR) is 75.5 cm³/mol. The van der Waals surface area contributed by atoms with E-state index in [4.69, 9.17) is 5.11 Å². The standard InChI is InChI=1S/C14H21N3O3/c1-16(10-3-4-13(18)19)14(20)17(2)11-7-12-5-8-15-9-6-12/h5-6,8-9H,3-4,7,10-11H2,1-2H3,(H,18,19). The van der Waals surface area contributed by atoms with Gasteiger partial charge in [-0.15, -0.1) is 0 Å². The lowest BCUT2D eigenvalue weighted by Crippen LogP contribution is -2.40. The summed E-state index contributed by atoms with van der Waals surface area (Å²) in [6.45, 7) is 1.07. The van der Waals surface area contributed by atoms with Crippen molar-refractivity contribution in [3.8, 4) is 0 Å². The number of carbonyl (C=O) groups excluding carboxylic acids is 1. The van der Waals surface area contributed by atoms with Crippen LogP contribution in [0.4, 0.5) is 4.79 Å². The van der Waals surface area contributed by atoms with E-state index in [-0.39, 0.29) is 12.5 Å². The van der Waals surface area contributed by atoms with Crippen LogP contribution in [0.2, 0.25) is 0 Å². The maximum absolute atomic E-state index is 12.0. The summed E-state index contributed by atoms with van der Waals surface area (Å²) in [5.41, 5.74) is 1.13. The van der Waals surface area contributed by atoms with Crippen molar-refractivity contribution < 1.29 is 14.7 Å². The number of pyridine rings is 1. The lowest BCUT2D eigenvalue weighted by molar-refractivity contribution is -0.137. The van der Waals surface area contributed by atoms with Gasteiger partial charge < -0.3 is 14.9 Å². The molecule has 0 aliphatic heterocycles. The van der Waals surface area contributed by atoms with Gasteiger partial charge in [0.25, 0.3) is 0 Å². The maximum atomic E-state index is 12.0. The second-order valence-corrected chi connectivity index (χ2v) is 4.73. The molecule has 1 heterocycles. The molecule has 20 heavy (non-hydrogen) atoms. The Bertz CT molecular complexity index is 437. The average molecular weight is 279 g/mol. The minimum absolute atomic E-state index is 0.0817. The van der Waals surface area contributed by atoms with E-state index in [9.17, 15) is 9.59 Å². The molecule has 0 radical (unpaired) electrons. The van der Waals surface area contributed by atoms with Gasteiger partial charge in [0, 0.05) is 46.0 Å². The van der Waals surface area contributed by atoms with Crippen LogP contribution < -0.4 is 0 Å². The highest BCUT2D eigenvalue weighted by Gasteiger charge is 2.13. The molecule has 1 aromatic rings. The number of carbonyl (C=O) groups is 2. The molecule has 0 spiro atoms. The van der Waals surface area contributed by atoms with E-state index in [1.807, 2.05) is 12.1 Å². The van der Waals surface area contributed by atoms with Crippen LogP contribution >= 0.6 is 0 Å². The molecule has 2 amide bonds. The van der Waals surface area contributed by atoms with Crippen LogP contribution in [-0.2, 0) is 11.2 Å². The highest BCUT2D eigenvalue weighted by molar-refractivity contribution is 5.74. The van der Waals surface area contributed by atoms with Crippen molar-refractivity contribution in [2.45, 2.75) is 19.3 Å². The second kappa shape index (κ2) is 8.14. The number of carboxylic acid groups (broad SMARTS) is 1. The topological polar surface area (TPSA) is 73.7 Å². The first-order valence-corrected chi connectivity index (χ1v) is 6.57. The highest BCUT2D eigenvalue weighted by Crippen LogP contribution is 2.02. The van der Waals surface area contributed by atoms with Gasteiger partial charge in [0.1, 0.15) is 0 Å². The van der Waals surface area contributed by atoms with Gasteiger partial charge >= 0.3 is 12.0 Å². The zero-order valence-electron chi connectivity index (χ0n) is 12.0. The summed E-state index contributed by atoms with van der Waals surface area (Å²) in [6.07, 6.45) is 4.78. The predicted octanol–water partition coefficient (Wildman–Crippen LogP) is 1.47. The van der Waals surface area contributed by atoms with Crippen LogP contribution in [0.15, 0.2) is 24.5 Å². The number of rotatable bonds is 7. The summed E-state index contributed by atoms with van der Waals surface area (Å²) in [5, 5.41) is 8.57. The SMILES string of the molecule is CN(CCCC(=O)O)C(=O)N(C)CCc1ccncc1. The number of urea groups is 1. The van der Waals surface area contributed by atoms with Gasteiger partial charge in [-0.3, -0.25) is 9.78 Å². The minimum Gasteiger partial charge on any atom is -0.481 e. The first-order valence-electron chi connectivity index (χ1n) is 6.57. The van der Waals surface area contributed by atoms with Crippen LogP contribution in [0, 0.1) is 0 Å². The quantitative estimate of drug-likeness (QED) is 0.820. The molecule has 0 fully saturated rings. The monoisotopic (exact) mass is 279 g/mol. The lowest BCUT2D eigenvalue weighted by Gasteiger charge is -2.24. The van der Waals surface area contributed by atoms with Crippen LogP contribution in [0.25, 0.3) is 0 Å². The van der Waals surface area contributed by atoms with Crippen molar-refractivity contribution in [2.75, 3.05) is 27.2 Å². The lowest BCUT2D eigenvalue weighted by atomic mass is 10.2. The molecular formula is C14H21N3O3. The third kappa shape index (κ3) is 5.69. The fourth-order valence-electron chi connectivity index (χ4n) is 1.80. The smallest absolute Gasteiger partial charge is 0.319 e. The van der Waals surface area contributed by atoms with Gasteiger partial charge in [0.15, 0.2) is 0 Å². The average Bonchev–Trinajstić information content (AvgIpc) is 2.44. The summed E-state index contributed by atoms with van der Waals surface area (Å²) in [6, 6.07) is 3.76. The largest absolute Gasteiger partial charge is 0.481 e. The molecule has 0 aromatic carbocycles. The fraction of sp³-hybridized carbons (Fsp3) is 0.500. The van der Waals surface area contributed by atoms with Gasteiger partial charge in [-0.05, 0) is 30.5 Å². The van der Waals surface area contributed by atoms with Crippen molar-refractivity contribution in [3.05, 3.63) is 30.1 Å². The van der Waals surface area contributed by atoms with E-state index in [2.05, 4.69) is 4.98 Å². The molecule has 0 aliphatic rings. The molecule has 1 aromatic heterocycles. The Kier molecular flexibility index (Phi) is 6.49. The Balaban J connectivity index is 2.32. The van der Waals surface area contributed by atoms with E-state index >= 15 is 0 Å². The molecule has 0 atom stereocenters. The maximum Gasteiger partial charge on any atom is 0.319 e. The Hall–Kier alpha value is -2.11. The van der Waals surface area contributed by atoms with E-state index in [1.165, 1.54) is 0 Å². The summed E-state index contributed by atoms with van der Waals surface area (Å²) in [7, 11) is 3.43. The zero-order valence-corrected chi connectivity index (χ0v) is 12.0. The number of likely N-dealkylation sites (N-methyl/N-ethyl adjacent to an activating group) is 1. The normalized spacial score (nSPS) is 10.1. The Morgan fingerprint density at radius 3 is 2.35 bits per heavy atom. The fourth-order valence-corrected chi connectivity index (χ4v) is 1.80. The van der Waals surface area contributed by atoms with Crippen LogP contribution in [-0.4, -0.2) is 59.1 Å². The molecule has 110 valence electrons. The third-order valence-electron chi connectivity index (χ3n) is 3.02. The van der Waals surface area contributed by atoms with Gasteiger partial charge in [0.05, 0.1) is 0 Å². The van der Waals surface area contributed by atoms with Crippen molar-refractivity contribution in [3.63, 3.8) is 0 Å². The molecule has 1 rings (SSSR count). The number of hydrogen-bond acceptors (Lipinski definition) is 3. The van der Waals surface area contributed by atoms with Gasteiger partial charge in [-0.2, -0.15) is 0 Å². The van der Waals surface area contributed by atoms with Gasteiger partial charge in [0.2, 0.25) is 0 Å².